The van der Waals surface area contributed by atoms with E-state index in [1.807, 2.05) is 13.8 Å². The Morgan fingerprint density at radius 1 is 1.36 bits per heavy atom. The fourth-order valence-corrected chi connectivity index (χ4v) is 3.13. The van der Waals surface area contributed by atoms with Crippen LogP contribution in [0, 0.1) is 13.8 Å². The van der Waals surface area contributed by atoms with Crippen LogP contribution in [0.25, 0.3) is 0 Å². The quantitative estimate of drug-likeness (QED) is 0.880. The number of carboxylic acid groups (broad SMARTS) is 1. The fraction of sp³-hybridized carbons (Fsp3) is 0.600. The second-order valence-corrected chi connectivity index (χ2v) is 6.01. The van der Waals surface area contributed by atoms with Crippen molar-refractivity contribution in [2.75, 3.05) is 0 Å². The summed E-state index contributed by atoms with van der Waals surface area (Å²) in [6, 6.07) is 0. The number of carbonyl (C=O) groups is 1. The van der Waals surface area contributed by atoms with Crippen LogP contribution in [0.2, 0.25) is 0 Å². The molecule has 0 aromatic carbocycles. The molecule has 1 saturated carbocycles. The molecule has 2 N–H and O–H groups in total. The summed E-state index contributed by atoms with van der Waals surface area (Å²) in [5, 5.41) is 20.7. The van der Waals surface area contributed by atoms with Crippen molar-refractivity contribution in [3.05, 3.63) is 28.6 Å². The van der Waals surface area contributed by atoms with Crippen molar-refractivity contribution in [3.63, 3.8) is 0 Å². The van der Waals surface area contributed by atoms with Gasteiger partial charge in [0.2, 0.25) is 0 Å². The lowest BCUT2D eigenvalue weighted by Crippen LogP contribution is -2.14. The Hall–Kier alpha value is -2.18. The maximum absolute atomic E-state index is 11.1. The fourth-order valence-electron chi connectivity index (χ4n) is 3.13. The molecular weight excluding hydrogens is 282 g/mol. The number of aromatic amines is 1. The molecule has 0 spiro atoms. The summed E-state index contributed by atoms with van der Waals surface area (Å²) in [6.45, 7) is 3.75. The van der Waals surface area contributed by atoms with E-state index >= 15 is 0 Å². The molecule has 0 radical (unpaired) electrons. The van der Waals surface area contributed by atoms with Crippen LogP contribution in [0.1, 0.15) is 60.2 Å². The number of aryl methyl sites for hydroxylation is 2. The lowest BCUT2D eigenvalue weighted by Gasteiger charge is -2.03. The molecule has 3 rings (SSSR count). The van der Waals surface area contributed by atoms with Gasteiger partial charge in [-0.15, -0.1) is 0 Å². The zero-order valence-electron chi connectivity index (χ0n) is 13.0. The van der Waals surface area contributed by atoms with E-state index in [0.717, 1.165) is 35.6 Å². The molecule has 2 heterocycles. The van der Waals surface area contributed by atoms with Crippen LogP contribution < -0.4 is 0 Å². The highest BCUT2D eigenvalue weighted by Crippen LogP contribution is 2.32. The Kier molecular flexibility index (Phi) is 3.96. The van der Waals surface area contributed by atoms with Gasteiger partial charge < -0.3 is 5.11 Å². The summed E-state index contributed by atoms with van der Waals surface area (Å²) in [6.07, 6.45) is 5.16. The molecule has 1 aliphatic rings. The number of nitrogens with one attached hydrogen (secondary N) is 1. The van der Waals surface area contributed by atoms with Gasteiger partial charge in [0.1, 0.15) is 12.4 Å². The minimum Gasteiger partial charge on any atom is -0.480 e. The van der Waals surface area contributed by atoms with Crippen molar-refractivity contribution in [2.45, 2.75) is 58.4 Å². The van der Waals surface area contributed by atoms with Crippen molar-refractivity contribution >= 4 is 5.97 Å². The molecule has 7 heteroatoms. The van der Waals surface area contributed by atoms with E-state index in [1.54, 1.807) is 0 Å². The topological polar surface area (TPSA) is 96.7 Å². The van der Waals surface area contributed by atoms with Gasteiger partial charge in [0.05, 0.1) is 5.69 Å². The Labute approximate surface area is 128 Å². The highest BCUT2D eigenvalue weighted by atomic mass is 16.4. The summed E-state index contributed by atoms with van der Waals surface area (Å²) in [4.78, 5) is 15.7. The average Bonchev–Trinajstić information content (AvgIpc) is 3.16. The van der Waals surface area contributed by atoms with Crippen LogP contribution in [0.5, 0.6) is 0 Å². The third-order valence-corrected chi connectivity index (χ3v) is 4.39. The number of hydrogen-bond acceptors (Lipinski definition) is 4. The standard InChI is InChI=1S/C15H21N5O2/c1-9-12(10(2)18-17-9)7-13-16-15(11-5-3-4-6-11)19-20(13)8-14(21)22/h11H,3-8H2,1-2H3,(H,17,18)(H,21,22). The highest BCUT2D eigenvalue weighted by molar-refractivity contribution is 5.66. The SMILES string of the molecule is Cc1n[nH]c(C)c1Cc1nc(C2CCCC2)nn1CC(=O)O. The van der Waals surface area contributed by atoms with Crippen molar-refractivity contribution in [1.82, 2.24) is 25.0 Å². The second-order valence-electron chi connectivity index (χ2n) is 6.01. The van der Waals surface area contributed by atoms with Crippen LogP contribution in [-0.4, -0.2) is 36.0 Å². The molecule has 0 saturated heterocycles. The zero-order chi connectivity index (χ0) is 15.7. The van der Waals surface area contributed by atoms with Gasteiger partial charge >= 0.3 is 5.97 Å². The highest BCUT2D eigenvalue weighted by Gasteiger charge is 2.24. The van der Waals surface area contributed by atoms with Crippen molar-refractivity contribution in [2.24, 2.45) is 0 Å². The smallest absolute Gasteiger partial charge is 0.325 e. The molecule has 7 nitrogen and oxygen atoms in total. The number of hydrogen-bond donors (Lipinski definition) is 2. The zero-order valence-corrected chi connectivity index (χ0v) is 13.0. The molecule has 1 aliphatic carbocycles. The van der Waals surface area contributed by atoms with Gasteiger partial charge in [-0.25, -0.2) is 9.67 Å². The summed E-state index contributed by atoms with van der Waals surface area (Å²) in [5.74, 6) is 0.981. The number of H-pyrrole nitrogens is 1. The van der Waals surface area contributed by atoms with Gasteiger partial charge in [0, 0.05) is 23.6 Å². The third-order valence-electron chi connectivity index (χ3n) is 4.39. The van der Waals surface area contributed by atoms with E-state index < -0.39 is 5.97 Å². The largest absolute Gasteiger partial charge is 0.480 e. The van der Waals surface area contributed by atoms with E-state index in [1.165, 1.54) is 17.5 Å². The van der Waals surface area contributed by atoms with E-state index in [0.29, 0.717) is 18.2 Å². The van der Waals surface area contributed by atoms with Gasteiger partial charge in [0.25, 0.3) is 0 Å². The first-order valence-electron chi connectivity index (χ1n) is 7.70. The van der Waals surface area contributed by atoms with Gasteiger partial charge in [-0.3, -0.25) is 9.89 Å². The Bertz CT molecular complexity index is 663. The Balaban J connectivity index is 1.92. The number of rotatable bonds is 5. The first kappa shape index (κ1) is 14.7. The number of aromatic nitrogens is 5. The Morgan fingerprint density at radius 3 is 2.68 bits per heavy atom. The molecule has 0 aliphatic heterocycles. The van der Waals surface area contributed by atoms with E-state index in [-0.39, 0.29) is 6.54 Å². The van der Waals surface area contributed by atoms with E-state index in [2.05, 4.69) is 20.3 Å². The maximum atomic E-state index is 11.1. The maximum Gasteiger partial charge on any atom is 0.325 e. The van der Waals surface area contributed by atoms with Crippen molar-refractivity contribution in [3.8, 4) is 0 Å². The normalized spacial score (nSPS) is 15.5. The van der Waals surface area contributed by atoms with Gasteiger partial charge in [-0.1, -0.05) is 12.8 Å². The summed E-state index contributed by atoms with van der Waals surface area (Å²) < 4.78 is 1.53. The molecule has 0 unspecified atom stereocenters. The predicted octanol–water partition coefficient (Wildman–Crippen LogP) is 1.95. The number of aliphatic carboxylic acids is 1. The minimum absolute atomic E-state index is 0.148. The van der Waals surface area contributed by atoms with E-state index in [9.17, 15) is 4.79 Å². The molecule has 118 valence electrons. The van der Waals surface area contributed by atoms with Crippen LogP contribution in [0.4, 0.5) is 0 Å². The van der Waals surface area contributed by atoms with Crippen LogP contribution in [-0.2, 0) is 17.8 Å². The minimum atomic E-state index is -0.898. The molecule has 0 bridgehead atoms. The van der Waals surface area contributed by atoms with Crippen molar-refractivity contribution in [1.29, 1.82) is 0 Å². The Morgan fingerprint density at radius 2 is 2.09 bits per heavy atom. The first-order valence-corrected chi connectivity index (χ1v) is 7.70. The van der Waals surface area contributed by atoms with Gasteiger partial charge in [0.15, 0.2) is 5.82 Å². The predicted molar refractivity (Wildman–Crippen MR) is 79.7 cm³/mol. The van der Waals surface area contributed by atoms with Crippen LogP contribution >= 0.6 is 0 Å². The third kappa shape index (κ3) is 2.88. The number of carboxylic acids is 1. The summed E-state index contributed by atoms with van der Waals surface area (Å²) >= 11 is 0. The molecule has 2 aromatic heterocycles. The molecule has 22 heavy (non-hydrogen) atoms. The van der Waals surface area contributed by atoms with Gasteiger partial charge in [-0.05, 0) is 26.7 Å². The average molecular weight is 303 g/mol. The molecule has 0 amide bonds. The summed E-state index contributed by atoms with van der Waals surface area (Å²) in [5.41, 5.74) is 2.98. The molecule has 1 fully saturated rings. The van der Waals surface area contributed by atoms with Gasteiger partial charge in [-0.2, -0.15) is 10.2 Å². The van der Waals surface area contributed by atoms with Crippen molar-refractivity contribution < 1.29 is 9.90 Å². The van der Waals surface area contributed by atoms with Crippen LogP contribution in [0.3, 0.4) is 0 Å². The lowest BCUT2D eigenvalue weighted by atomic mass is 10.1. The first-order chi connectivity index (χ1) is 10.5. The second kappa shape index (κ2) is 5.90. The summed E-state index contributed by atoms with van der Waals surface area (Å²) in [7, 11) is 0. The van der Waals surface area contributed by atoms with Crippen LogP contribution in [0.15, 0.2) is 0 Å². The number of nitrogens with zero attached hydrogens (tertiary/aromatic N) is 4. The molecule has 0 atom stereocenters. The van der Waals surface area contributed by atoms with E-state index in [4.69, 9.17) is 5.11 Å². The molecular formula is C15H21N5O2. The molecule has 2 aromatic rings. The monoisotopic (exact) mass is 303 g/mol. The lowest BCUT2D eigenvalue weighted by molar-refractivity contribution is -0.137.